The Morgan fingerprint density at radius 2 is 1.84 bits per heavy atom. The molecule has 0 heterocycles. The smallest absolute Gasteiger partial charge is 0.328 e. The first kappa shape index (κ1) is 35.8. The van der Waals surface area contributed by atoms with Crippen LogP contribution in [-0.2, 0) is 44.7 Å². The van der Waals surface area contributed by atoms with E-state index in [0.29, 0.717) is 32.1 Å². The van der Waals surface area contributed by atoms with Gasteiger partial charge in [-0.3, -0.25) is 34.1 Å². The molecule has 1 amide bonds. The fourth-order valence-corrected chi connectivity index (χ4v) is 9.08. The summed E-state index contributed by atoms with van der Waals surface area (Å²) in [7, 11) is 1.10. The maximum absolute atomic E-state index is 13.8. The number of phenolic OH excluding ortho intramolecular Hbond substituents is 1. The largest absolute Gasteiger partial charge is 0.502 e. The number of phenols is 1. The lowest BCUT2D eigenvalue weighted by Gasteiger charge is -2.57. The molecule has 0 aliphatic heterocycles. The van der Waals surface area contributed by atoms with E-state index in [0.717, 1.165) is 24.8 Å². The Morgan fingerprint density at radius 1 is 1.10 bits per heavy atom. The van der Waals surface area contributed by atoms with Gasteiger partial charge in [-0.25, -0.2) is 4.79 Å². The Morgan fingerprint density at radius 3 is 2.53 bits per heavy atom. The lowest BCUT2D eigenvalue weighted by atomic mass is 9.46. The first-order valence-corrected chi connectivity index (χ1v) is 16.6. The topological polar surface area (TPSA) is 217 Å². The Bertz CT molecular complexity index is 1640. The highest BCUT2D eigenvalue weighted by Gasteiger charge is 2.68. The highest BCUT2D eigenvalue weighted by Crippen LogP contribution is 2.66. The number of carbonyl (C=O) groups excluding carboxylic acids is 6. The number of hydrogen-bond acceptors (Lipinski definition) is 12. The summed E-state index contributed by atoms with van der Waals surface area (Å²) in [5.74, 6) is -4.08. The predicted octanol–water partition coefficient (Wildman–Crippen LogP) is 2.84. The third-order valence-corrected chi connectivity index (χ3v) is 11.7. The minimum absolute atomic E-state index is 0.00482. The van der Waals surface area contributed by atoms with Crippen molar-refractivity contribution in [3.05, 3.63) is 45.5 Å². The van der Waals surface area contributed by atoms with E-state index in [9.17, 15) is 49.1 Å². The van der Waals surface area contributed by atoms with Crippen LogP contribution in [0.2, 0.25) is 0 Å². The summed E-state index contributed by atoms with van der Waals surface area (Å²) in [6.07, 6.45) is 3.70. The number of ether oxygens (including phenoxy) is 2. The van der Waals surface area contributed by atoms with Gasteiger partial charge >= 0.3 is 17.6 Å². The molecular weight excluding hydrogens is 640 g/mol. The van der Waals surface area contributed by atoms with Gasteiger partial charge in [0.05, 0.1) is 18.5 Å². The van der Waals surface area contributed by atoms with Crippen molar-refractivity contribution in [3.8, 4) is 5.75 Å². The number of nitrogens with one attached hydrogen (secondary N) is 1. The van der Waals surface area contributed by atoms with E-state index in [1.54, 1.807) is 13.0 Å². The third kappa shape index (κ3) is 6.50. The average molecular weight is 683 g/mol. The zero-order valence-corrected chi connectivity index (χ0v) is 27.8. The number of carbonyl (C=O) groups is 6. The normalized spacial score (nSPS) is 30.9. The van der Waals surface area contributed by atoms with Crippen LogP contribution in [-0.4, -0.2) is 75.7 Å². The summed E-state index contributed by atoms with van der Waals surface area (Å²) in [6.45, 7) is 3.10. The quantitative estimate of drug-likeness (QED) is 0.174. The Hall–Kier alpha value is -4.46. The number of amides is 1. The summed E-state index contributed by atoms with van der Waals surface area (Å²) in [4.78, 5) is 87.3. The van der Waals surface area contributed by atoms with Gasteiger partial charge in [-0.2, -0.15) is 0 Å². The number of methoxy groups -OCH3 is 1. The van der Waals surface area contributed by atoms with E-state index < -0.39 is 81.9 Å². The first-order chi connectivity index (χ1) is 23.0. The van der Waals surface area contributed by atoms with Crippen molar-refractivity contribution in [1.82, 2.24) is 5.32 Å². The van der Waals surface area contributed by atoms with Crippen LogP contribution in [0.5, 0.6) is 5.75 Å². The molecule has 14 nitrogen and oxygen atoms in total. The number of hydrogen-bond donors (Lipinski definition) is 3. The minimum atomic E-state index is -1.88. The summed E-state index contributed by atoms with van der Waals surface area (Å²) in [5.41, 5.74) is -2.63. The molecule has 4 aliphatic carbocycles. The number of nitro groups is 1. The fourth-order valence-electron chi connectivity index (χ4n) is 9.08. The third-order valence-electron chi connectivity index (χ3n) is 11.7. The maximum atomic E-state index is 13.8. The highest BCUT2D eigenvalue weighted by molar-refractivity contribution is 5.95. The Kier molecular flexibility index (Phi) is 9.84. The molecule has 4 aliphatic rings. The lowest BCUT2D eigenvalue weighted by molar-refractivity contribution is -0.385. The Balaban J connectivity index is 1.16. The van der Waals surface area contributed by atoms with Crippen molar-refractivity contribution in [2.45, 2.75) is 89.7 Å². The summed E-state index contributed by atoms with van der Waals surface area (Å²) >= 11 is 0. The summed E-state index contributed by atoms with van der Waals surface area (Å²) in [5, 5.41) is 35.1. The second kappa shape index (κ2) is 13.4. The zero-order chi connectivity index (χ0) is 35.9. The molecule has 4 unspecified atom stereocenters. The number of allylic oxidation sites excluding steroid dienone is 1. The number of rotatable bonds is 11. The van der Waals surface area contributed by atoms with Gasteiger partial charge < -0.3 is 25.0 Å². The van der Waals surface area contributed by atoms with Crippen molar-refractivity contribution in [3.63, 3.8) is 0 Å². The van der Waals surface area contributed by atoms with Crippen molar-refractivity contribution in [1.29, 1.82) is 0 Å². The molecule has 0 saturated heterocycles. The number of benzene rings is 1. The number of nitrogens with zero attached hydrogens (tertiary/aromatic N) is 1. The molecule has 5 rings (SSSR count). The maximum Gasteiger partial charge on any atom is 0.328 e. The van der Waals surface area contributed by atoms with Gasteiger partial charge in [-0.1, -0.05) is 25.5 Å². The molecule has 0 radical (unpaired) electrons. The standard InChI is InChI=1S/C35H42N2O12/c1-33-12-10-21(38)16-20(33)5-6-22-23-11-13-35(45,34(23,2)17-27(40)31(22)33)28(41)18-49-30(43)9-8-29(42)36-24(32(44)48-3)14-19-4-7-26(39)25(15-19)37(46)47/h4,7,15-16,22-24,31,39,45H,5-6,8-14,17-18H2,1-3H3,(H,36,42)/t22?,23?,24?,31?,33-,34-,35-/m0/s1. The highest BCUT2D eigenvalue weighted by atomic mass is 16.6. The van der Waals surface area contributed by atoms with E-state index in [4.69, 9.17) is 9.47 Å². The predicted molar refractivity (Wildman–Crippen MR) is 170 cm³/mol. The van der Waals surface area contributed by atoms with Crippen LogP contribution in [0, 0.1) is 38.7 Å². The number of aliphatic hydroxyl groups is 1. The van der Waals surface area contributed by atoms with Crippen LogP contribution in [0.15, 0.2) is 29.8 Å². The van der Waals surface area contributed by atoms with E-state index in [1.807, 2.05) is 0 Å². The molecule has 0 bridgehead atoms. The molecular formula is C35H42N2O12. The van der Waals surface area contributed by atoms with E-state index in [2.05, 4.69) is 12.2 Å². The van der Waals surface area contributed by atoms with Crippen LogP contribution in [0.3, 0.4) is 0 Å². The molecule has 0 aromatic heterocycles. The monoisotopic (exact) mass is 682 g/mol. The van der Waals surface area contributed by atoms with Crippen molar-refractivity contribution >= 4 is 40.9 Å². The van der Waals surface area contributed by atoms with Gasteiger partial charge in [0.15, 0.2) is 18.1 Å². The van der Waals surface area contributed by atoms with Gasteiger partial charge in [-0.05, 0) is 67.1 Å². The lowest BCUT2D eigenvalue weighted by Crippen LogP contribution is -2.61. The molecule has 14 heteroatoms. The molecule has 3 N–H and O–H groups in total. The molecule has 1 aromatic rings. The van der Waals surface area contributed by atoms with Crippen molar-refractivity contribution in [2.24, 2.45) is 28.6 Å². The number of esters is 2. The number of ketones is 3. The average Bonchev–Trinajstić information content (AvgIpc) is 3.33. The molecule has 0 spiro atoms. The van der Waals surface area contributed by atoms with Gasteiger partial charge in [0.25, 0.3) is 0 Å². The number of Topliss-reactive ketones (excluding diaryl/α,β-unsaturated/α-hetero) is 2. The van der Waals surface area contributed by atoms with Crippen molar-refractivity contribution < 1.29 is 53.4 Å². The van der Waals surface area contributed by atoms with Crippen LogP contribution in [0.25, 0.3) is 0 Å². The van der Waals surface area contributed by atoms with Gasteiger partial charge in [-0.15, -0.1) is 0 Å². The van der Waals surface area contributed by atoms with Crippen LogP contribution >= 0.6 is 0 Å². The Labute approximate surface area is 282 Å². The number of nitro benzene ring substituents is 1. The first-order valence-electron chi connectivity index (χ1n) is 16.6. The SMILES string of the molecule is COC(=O)C(Cc1ccc(O)c([N+](=O)[O-])c1)NC(=O)CCC(=O)OCC(=O)[C@@]1(O)CCC2C3CCC4=CC(=O)CC[C@]4(C)C3C(=O)C[C@@]21C. The molecule has 264 valence electrons. The van der Waals surface area contributed by atoms with E-state index in [1.165, 1.54) is 6.07 Å². The molecule has 3 saturated carbocycles. The van der Waals surface area contributed by atoms with Crippen LogP contribution < -0.4 is 5.32 Å². The molecule has 1 aromatic carbocycles. The van der Waals surface area contributed by atoms with Crippen molar-refractivity contribution in [2.75, 3.05) is 13.7 Å². The molecule has 7 atom stereocenters. The molecule has 49 heavy (non-hydrogen) atoms. The fraction of sp³-hybridized carbons (Fsp3) is 0.600. The van der Waals surface area contributed by atoms with Crippen LogP contribution in [0.4, 0.5) is 5.69 Å². The van der Waals surface area contributed by atoms with Crippen LogP contribution in [0.1, 0.15) is 77.2 Å². The molecule has 3 fully saturated rings. The summed E-state index contributed by atoms with van der Waals surface area (Å²) < 4.78 is 9.89. The second-order valence-electron chi connectivity index (χ2n) is 14.3. The van der Waals surface area contributed by atoms with E-state index in [-0.39, 0.29) is 54.1 Å². The minimum Gasteiger partial charge on any atom is -0.502 e. The number of aromatic hydroxyl groups is 1. The van der Waals surface area contributed by atoms with E-state index >= 15 is 0 Å². The van der Waals surface area contributed by atoms with Gasteiger partial charge in [0.1, 0.15) is 17.4 Å². The summed E-state index contributed by atoms with van der Waals surface area (Å²) in [6, 6.07) is 2.26. The van der Waals surface area contributed by atoms with Gasteiger partial charge in [0, 0.05) is 43.1 Å². The zero-order valence-electron chi connectivity index (χ0n) is 27.8. The van der Waals surface area contributed by atoms with Gasteiger partial charge in [0.2, 0.25) is 11.7 Å². The second-order valence-corrected chi connectivity index (χ2v) is 14.3. The number of fused-ring (bicyclic) bond motifs is 5.